The summed E-state index contributed by atoms with van der Waals surface area (Å²) in [5, 5.41) is 3.31. The Kier molecular flexibility index (Phi) is 3.08. The minimum absolute atomic E-state index is 0.394. The molecular formula is C10H9ClN2OS. The number of anilines is 1. The van der Waals surface area contributed by atoms with Gasteiger partial charge in [0.05, 0.1) is 10.7 Å². The van der Waals surface area contributed by atoms with Crippen molar-refractivity contribution < 1.29 is 4.74 Å². The number of benzene rings is 1. The summed E-state index contributed by atoms with van der Waals surface area (Å²) in [7, 11) is 0. The zero-order chi connectivity index (χ0) is 10.7. The molecule has 0 unspecified atom stereocenters. The van der Waals surface area contributed by atoms with Gasteiger partial charge in [0, 0.05) is 11.6 Å². The van der Waals surface area contributed by atoms with E-state index in [1.54, 1.807) is 24.4 Å². The lowest BCUT2D eigenvalue weighted by molar-refractivity contribution is 0.307. The Bertz CT molecular complexity index is 424. The van der Waals surface area contributed by atoms with Crippen LogP contribution < -0.4 is 10.5 Å². The summed E-state index contributed by atoms with van der Waals surface area (Å²) in [4.78, 5) is 4.10. The third-order valence-electron chi connectivity index (χ3n) is 1.82. The average Bonchev–Trinajstić information content (AvgIpc) is 2.70. The van der Waals surface area contributed by atoms with Crippen LogP contribution in [0.3, 0.4) is 0 Å². The van der Waals surface area contributed by atoms with Crippen molar-refractivity contribution in [3.63, 3.8) is 0 Å². The lowest BCUT2D eigenvalue weighted by Gasteiger charge is -2.08. The molecule has 3 nitrogen and oxygen atoms in total. The number of halogens is 1. The second-order valence-electron chi connectivity index (χ2n) is 2.87. The zero-order valence-corrected chi connectivity index (χ0v) is 9.39. The van der Waals surface area contributed by atoms with Gasteiger partial charge in [-0.15, -0.1) is 11.3 Å². The molecule has 1 aromatic heterocycles. The quantitative estimate of drug-likeness (QED) is 0.840. The van der Waals surface area contributed by atoms with Gasteiger partial charge in [-0.1, -0.05) is 17.7 Å². The van der Waals surface area contributed by atoms with Crippen LogP contribution in [0.1, 0.15) is 5.01 Å². The highest BCUT2D eigenvalue weighted by Gasteiger charge is 2.06. The van der Waals surface area contributed by atoms with Crippen molar-refractivity contribution in [1.29, 1.82) is 0 Å². The molecule has 1 aromatic carbocycles. The molecule has 0 atom stereocenters. The number of aromatic nitrogens is 1. The molecule has 2 N–H and O–H groups in total. The summed E-state index contributed by atoms with van der Waals surface area (Å²) in [5.74, 6) is 0.523. The zero-order valence-electron chi connectivity index (χ0n) is 7.81. The van der Waals surface area contributed by atoms with Gasteiger partial charge in [-0.3, -0.25) is 0 Å². The normalized spacial score (nSPS) is 10.2. The van der Waals surface area contributed by atoms with E-state index in [-0.39, 0.29) is 0 Å². The third-order valence-corrected chi connectivity index (χ3v) is 2.87. The SMILES string of the molecule is Nc1cccc(Cl)c1OCc1nccs1. The number of ether oxygens (including phenoxy) is 1. The van der Waals surface area contributed by atoms with Gasteiger partial charge in [-0.2, -0.15) is 0 Å². The van der Waals surface area contributed by atoms with Crippen molar-refractivity contribution in [1.82, 2.24) is 4.98 Å². The largest absolute Gasteiger partial charge is 0.483 e. The van der Waals surface area contributed by atoms with Gasteiger partial charge in [0.25, 0.3) is 0 Å². The number of thiazole rings is 1. The van der Waals surface area contributed by atoms with E-state index in [0.717, 1.165) is 5.01 Å². The number of rotatable bonds is 3. The van der Waals surface area contributed by atoms with Crippen LogP contribution in [0.25, 0.3) is 0 Å². The minimum Gasteiger partial charge on any atom is -0.483 e. The highest BCUT2D eigenvalue weighted by Crippen LogP contribution is 2.31. The van der Waals surface area contributed by atoms with Crippen LogP contribution in [0.15, 0.2) is 29.8 Å². The number of nitrogens with zero attached hydrogens (tertiary/aromatic N) is 1. The summed E-state index contributed by atoms with van der Waals surface area (Å²) in [5.41, 5.74) is 6.28. The topological polar surface area (TPSA) is 48.1 Å². The van der Waals surface area contributed by atoms with Crippen LogP contribution in [0.5, 0.6) is 5.75 Å². The van der Waals surface area contributed by atoms with E-state index < -0.39 is 0 Å². The van der Waals surface area contributed by atoms with Crippen molar-refractivity contribution in [2.45, 2.75) is 6.61 Å². The summed E-state index contributed by atoms with van der Waals surface area (Å²) in [6, 6.07) is 5.28. The molecule has 78 valence electrons. The summed E-state index contributed by atoms with van der Waals surface area (Å²) in [6.45, 7) is 0.394. The maximum Gasteiger partial charge on any atom is 0.161 e. The molecule has 0 aliphatic heterocycles. The number of para-hydroxylation sites is 1. The van der Waals surface area contributed by atoms with Crippen LogP contribution in [0.4, 0.5) is 5.69 Å². The molecule has 1 heterocycles. The first-order valence-corrected chi connectivity index (χ1v) is 5.58. The van der Waals surface area contributed by atoms with Gasteiger partial charge in [-0.25, -0.2) is 4.98 Å². The predicted molar refractivity (Wildman–Crippen MR) is 62.3 cm³/mol. The Morgan fingerprint density at radius 2 is 2.33 bits per heavy atom. The van der Waals surface area contributed by atoms with Crippen molar-refractivity contribution >= 4 is 28.6 Å². The maximum absolute atomic E-state index is 5.95. The number of nitrogen functional groups attached to an aromatic ring is 1. The number of hydrogen-bond donors (Lipinski definition) is 1. The lowest BCUT2D eigenvalue weighted by atomic mass is 10.3. The number of nitrogens with two attached hydrogens (primary N) is 1. The molecule has 0 radical (unpaired) electrons. The molecule has 0 amide bonds. The molecule has 0 bridgehead atoms. The Morgan fingerprint density at radius 1 is 1.47 bits per heavy atom. The van der Waals surface area contributed by atoms with Crippen LogP contribution in [-0.4, -0.2) is 4.98 Å². The van der Waals surface area contributed by atoms with Crippen molar-refractivity contribution in [2.24, 2.45) is 0 Å². The van der Waals surface area contributed by atoms with E-state index >= 15 is 0 Å². The Morgan fingerprint density at radius 3 is 3.00 bits per heavy atom. The monoisotopic (exact) mass is 240 g/mol. The first-order valence-electron chi connectivity index (χ1n) is 4.32. The molecule has 0 aliphatic carbocycles. The van der Waals surface area contributed by atoms with E-state index in [9.17, 15) is 0 Å². The van der Waals surface area contributed by atoms with Crippen molar-refractivity contribution in [2.75, 3.05) is 5.73 Å². The maximum atomic E-state index is 5.95. The molecule has 2 aromatic rings. The smallest absolute Gasteiger partial charge is 0.161 e. The van der Waals surface area contributed by atoms with E-state index in [1.165, 1.54) is 11.3 Å². The lowest BCUT2D eigenvalue weighted by Crippen LogP contribution is -1.98. The molecule has 0 fully saturated rings. The van der Waals surface area contributed by atoms with Crippen molar-refractivity contribution in [3.05, 3.63) is 39.8 Å². The second kappa shape index (κ2) is 4.51. The molecule has 0 saturated carbocycles. The van der Waals surface area contributed by atoms with E-state index in [1.807, 2.05) is 5.38 Å². The van der Waals surface area contributed by atoms with Gasteiger partial charge in [0.2, 0.25) is 0 Å². The van der Waals surface area contributed by atoms with Gasteiger partial charge in [-0.05, 0) is 12.1 Å². The molecule has 0 aliphatic rings. The van der Waals surface area contributed by atoms with Crippen LogP contribution >= 0.6 is 22.9 Å². The predicted octanol–water partition coefficient (Wildman–Crippen LogP) is 2.96. The van der Waals surface area contributed by atoms with Crippen LogP contribution in [-0.2, 0) is 6.61 Å². The van der Waals surface area contributed by atoms with Gasteiger partial charge >= 0.3 is 0 Å². The van der Waals surface area contributed by atoms with E-state index in [0.29, 0.717) is 23.1 Å². The molecule has 0 saturated heterocycles. The van der Waals surface area contributed by atoms with Crippen LogP contribution in [0.2, 0.25) is 5.02 Å². The first-order chi connectivity index (χ1) is 7.27. The molecular weight excluding hydrogens is 232 g/mol. The summed E-state index contributed by atoms with van der Waals surface area (Å²) < 4.78 is 5.50. The van der Waals surface area contributed by atoms with Gasteiger partial charge in [0.15, 0.2) is 5.75 Å². The fourth-order valence-electron chi connectivity index (χ4n) is 1.14. The summed E-state index contributed by atoms with van der Waals surface area (Å²) >= 11 is 7.48. The second-order valence-corrected chi connectivity index (χ2v) is 4.26. The molecule has 0 spiro atoms. The minimum atomic E-state index is 0.394. The van der Waals surface area contributed by atoms with Gasteiger partial charge < -0.3 is 10.5 Å². The highest BCUT2D eigenvalue weighted by molar-refractivity contribution is 7.09. The van der Waals surface area contributed by atoms with E-state index in [4.69, 9.17) is 22.1 Å². The third kappa shape index (κ3) is 2.40. The standard InChI is InChI=1S/C10H9ClN2OS/c11-7-2-1-3-8(12)10(7)14-6-9-13-4-5-15-9/h1-5H,6,12H2. The first kappa shape index (κ1) is 10.3. The van der Waals surface area contributed by atoms with Crippen molar-refractivity contribution in [3.8, 4) is 5.75 Å². The molecule has 5 heteroatoms. The summed E-state index contributed by atoms with van der Waals surface area (Å²) in [6.07, 6.45) is 1.74. The van der Waals surface area contributed by atoms with Gasteiger partial charge in [0.1, 0.15) is 11.6 Å². The highest BCUT2D eigenvalue weighted by atomic mass is 35.5. The average molecular weight is 241 g/mol. The van der Waals surface area contributed by atoms with Crippen LogP contribution in [0, 0.1) is 0 Å². The fourth-order valence-corrected chi connectivity index (χ4v) is 1.90. The fraction of sp³-hybridized carbons (Fsp3) is 0.100. The number of hydrogen-bond acceptors (Lipinski definition) is 4. The Hall–Kier alpha value is -1.26. The Labute approximate surface area is 96.5 Å². The molecule has 2 rings (SSSR count). The Balaban J connectivity index is 2.11. The molecule has 15 heavy (non-hydrogen) atoms. The van der Waals surface area contributed by atoms with E-state index in [2.05, 4.69) is 4.98 Å².